The second-order valence-electron chi connectivity index (χ2n) is 11.7. The SMILES string of the molecule is C1=CCCC(c2cc(-c3ccccc3)cc3c2oc2ccc(-c4ccc5c(c4)c4ccccc4n5-c4ccccc4)cc23)=C1. The van der Waals surface area contributed by atoms with E-state index in [4.69, 9.17) is 4.42 Å². The third kappa shape index (κ3) is 3.95. The zero-order valence-corrected chi connectivity index (χ0v) is 24.2. The van der Waals surface area contributed by atoms with E-state index in [1.807, 2.05) is 0 Å². The molecule has 6 aromatic carbocycles. The summed E-state index contributed by atoms with van der Waals surface area (Å²) in [5, 5.41) is 4.82. The fourth-order valence-electron chi connectivity index (χ4n) is 6.93. The van der Waals surface area contributed by atoms with E-state index < -0.39 is 0 Å². The van der Waals surface area contributed by atoms with E-state index >= 15 is 0 Å². The first-order chi connectivity index (χ1) is 21.8. The van der Waals surface area contributed by atoms with E-state index in [9.17, 15) is 0 Å². The lowest BCUT2D eigenvalue weighted by Crippen LogP contribution is -1.92. The number of hydrogen-bond donors (Lipinski definition) is 0. The van der Waals surface area contributed by atoms with Crippen molar-refractivity contribution >= 4 is 49.3 Å². The Hall–Kier alpha value is -5.60. The quantitative estimate of drug-likeness (QED) is 0.208. The third-order valence-electron chi connectivity index (χ3n) is 9.06. The summed E-state index contributed by atoms with van der Waals surface area (Å²) in [4.78, 5) is 0. The minimum Gasteiger partial charge on any atom is -0.455 e. The summed E-state index contributed by atoms with van der Waals surface area (Å²) >= 11 is 0. The lowest BCUT2D eigenvalue weighted by molar-refractivity contribution is 0.667. The molecule has 0 spiro atoms. The van der Waals surface area contributed by atoms with Gasteiger partial charge in [-0.25, -0.2) is 0 Å². The number of hydrogen-bond acceptors (Lipinski definition) is 1. The Morgan fingerprint density at radius 2 is 1.23 bits per heavy atom. The molecular weight excluding hydrogens is 534 g/mol. The van der Waals surface area contributed by atoms with Crippen molar-refractivity contribution in [2.45, 2.75) is 12.8 Å². The van der Waals surface area contributed by atoms with Gasteiger partial charge in [0.25, 0.3) is 0 Å². The highest BCUT2D eigenvalue weighted by atomic mass is 16.3. The van der Waals surface area contributed by atoms with Gasteiger partial charge in [-0.05, 0) is 95.3 Å². The van der Waals surface area contributed by atoms with E-state index in [-0.39, 0.29) is 0 Å². The second-order valence-corrected chi connectivity index (χ2v) is 11.7. The van der Waals surface area contributed by atoms with Crippen LogP contribution >= 0.6 is 0 Å². The molecule has 0 N–H and O–H groups in total. The molecule has 0 atom stereocenters. The van der Waals surface area contributed by atoms with Crippen molar-refractivity contribution in [1.29, 1.82) is 0 Å². The smallest absolute Gasteiger partial charge is 0.142 e. The average molecular weight is 564 g/mol. The standard InChI is InChI=1S/C42H29NO/c1-4-12-28(13-5-1)32-26-35(29-14-6-2-7-15-29)42-38(27-32)37-25-31(21-23-41(37)44-42)30-20-22-40-36(24-30)34-18-10-11-19-39(34)43(40)33-16-8-3-9-17-33/h1-6,8-14,16-27H,7,15H2. The van der Waals surface area contributed by atoms with Crippen molar-refractivity contribution in [2.75, 3.05) is 0 Å². The Morgan fingerprint density at radius 1 is 0.523 bits per heavy atom. The van der Waals surface area contributed by atoms with Crippen LogP contribution in [0.1, 0.15) is 18.4 Å². The van der Waals surface area contributed by atoms with Crippen LogP contribution in [0.2, 0.25) is 0 Å². The fraction of sp³-hybridized carbons (Fsp3) is 0.0476. The first-order valence-corrected chi connectivity index (χ1v) is 15.3. The fourth-order valence-corrected chi connectivity index (χ4v) is 6.93. The molecule has 0 saturated carbocycles. The lowest BCUT2D eigenvalue weighted by atomic mass is 9.92. The molecule has 0 saturated heterocycles. The molecule has 208 valence electrons. The van der Waals surface area contributed by atoms with Crippen LogP contribution < -0.4 is 0 Å². The minimum absolute atomic E-state index is 0.920. The van der Waals surface area contributed by atoms with Gasteiger partial charge >= 0.3 is 0 Å². The molecule has 8 aromatic rings. The largest absolute Gasteiger partial charge is 0.455 e. The van der Waals surface area contributed by atoms with Gasteiger partial charge in [0.15, 0.2) is 0 Å². The monoisotopic (exact) mass is 563 g/mol. The highest BCUT2D eigenvalue weighted by molar-refractivity contribution is 6.13. The molecule has 9 rings (SSSR count). The Bertz CT molecular complexity index is 2420. The molecule has 0 fully saturated rings. The van der Waals surface area contributed by atoms with Gasteiger partial charge < -0.3 is 8.98 Å². The zero-order valence-electron chi connectivity index (χ0n) is 24.2. The summed E-state index contributed by atoms with van der Waals surface area (Å²) in [5.41, 5.74) is 12.8. The highest BCUT2D eigenvalue weighted by Crippen LogP contribution is 2.41. The van der Waals surface area contributed by atoms with Gasteiger partial charge in [-0.3, -0.25) is 0 Å². The van der Waals surface area contributed by atoms with Crippen molar-refractivity contribution in [3.05, 3.63) is 157 Å². The van der Waals surface area contributed by atoms with Crippen molar-refractivity contribution in [3.8, 4) is 27.9 Å². The van der Waals surface area contributed by atoms with E-state index in [0.717, 1.165) is 34.8 Å². The van der Waals surface area contributed by atoms with Gasteiger partial charge in [0, 0.05) is 32.8 Å². The van der Waals surface area contributed by atoms with Crippen LogP contribution in [0.25, 0.3) is 77.3 Å². The van der Waals surface area contributed by atoms with E-state index in [0.29, 0.717) is 0 Å². The summed E-state index contributed by atoms with van der Waals surface area (Å²) in [6.45, 7) is 0. The van der Waals surface area contributed by atoms with Crippen molar-refractivity contribution < 1.29 is 4.42 Å². The second kappa shape index (κ2) is 10.00. The summed E-state index contributed by atoms with van der Waals surface area (Å²) in [6, 6.07) is 48.1. The molecule has 1 aliphatic carbocycles. The number of allylic oxidation sites excluding steroid dienone is 4. The van der Waals surface area contributed by atoms with Gasteiger partial charge in [0.2, 0.25) is 0 Å². The number of aromatic nitrogens is 1. The van der Waals surface area contributed by atoms with Gasteiger partial charge in [-0.2, -0.15) is 0 Å². The number of fused-ring (bicyclic) bond motifs is 6. The van der Waals surface area contributed by atoms with Crippen molar-refractivity contribution in [1.82, 2.24) is 4.57 Å². The maximum absolute atomic E-state index is 6.63. The average Bonchev–Trinajstić information content (AvgIpc) is 3.64. The van der Waals surface area contributed by atoms with Crippen LogP contribution in [0, 0.1) is 0 Å². The van der Waals surface area contributed by atoms with Crippen LogP contribution in [0.4, 0.5) is 0 Å². The number of nitrogens with zero attached hydrogens (tertiary/aromatic N) is 1. The molecule has 0 unspecified atom stereocenters. The minimum atomic E-state index is 0.920. The normalized spacial score (nSPS) is 13.3. The first-order valence-electron chi connectivity index (χ1n) is 15.3. The van der Waals surface area contributed by atoms with Gasteiger partial charge in [-0.15, -0.1) is 0 Å². The zero-order chi connectivity index (χ0) is 29.0. The molecular formula is C42H29NO. The van der Waals surface area contributed by atoms with E-state index in [1.54, 1.807) is 0 Å². The number of para-hydroxylation sites is 2. The van der Waals surface area contributed by atoms with Crippen LogP contribution in [-0.4, -0.2) is 4.57 Å². The molecule has 0 bridgehead atoms. The summed E-state index contributed by atoms with van der Waals surface area (Å²) in [6.07, 6.45) is 8.72. The Morgan fingerprint density at radius 3 is 2.05 bits per heavy atom. The van der Waals surface area contributed by atoms with Gasteiger partial charge in [0.1, 0.15) is 11.2 Å². The van der Waals surface area contributed by atoms with Crippen molar-refractivity contribution in [2.24, 2.45) is 0 Å². The topological polar surface area (TPSA) is 18.1 Å². The van der Waals surface area contributed by atoms with Gasteiger partial charge in [0.05, 0.1) is 11.0 Å². The Labute approximate surface area is 255 Å². The van der Waals surface area contributed by atoms with Gasteiger partial charge in [-0.1, -0.05) is 97.1 Å². The molecule has 2 heteroatoms. The van der Waals surface area contributed by atoms with Crippen LogP contribution in [-0.2, 0) is 0 Å². The highest BCUT2D eigenvalue weighted by Gasteiger charge is 2.18. The van der Waals surface area contributed by atoms with Crippen LogP contribution in [0.3, 0.4) is 0 Å². The van der Waals surface area contributed by atoms with E-state index in [2.05, 4.69) is 156 Å². The first kappa shape index (κ1) is 24.9. The molecule has 1 aliphatic rings. The Balaban J connectivity index is 1.25. The summed E-state index contributed by atoms with van der Waals surface area (Å²) < 4.78 is 8.99. The molecule has 0 amide bonds. The number of rotatable bonds is 4. The lowest BCUT2D eigenvalue weighted by Gasteiger charge is -2.12. The Kier molecular flexibility index (Phi) is 5.67. The summed E-state index contributed by atoms with van der Waals surface area (Å²) in [5.74, 6) is 0. The van der Waals surface area contributed by atoms with Crippen LogP contribution in [0.5, 0.6) is 0 Å². The number of benzene rings is 6. The molecule has 44 heavy (non-hydrogen) atoms. The predicted octanol–water partition coefficient (Wildman–Crippen LogP) is 11.8. The molecule has 2 nitrogen and oxygen atoms in total. The van der Waals surface area contributed by atoms with Crippen LogP contribution in [0.15, 0.2) is 156 Å². The molecule has 0 aliphatic heterocycles. The van der Waals surface area contributed by atoms with Crippen molar-refractivity contribution in [3.63, 3.8) is 0 Å². The molecule has 2 heterocycles. The maximum atomic E-state index is 6.63. The number of furan rings is 1. The molecule has 0 radical (unpaired) electrons. The van der Waals surface area contributed by atoms with E-state index in [1.165, 1.54) is 60.9 Å². The molecule has 2 aromatic heterocycles. The third-order valence-corrected chi connectivity index (χ3v) is 9.06. The predicted molar refractivity (Wildman–Crippen MR) is 185 cm³/mol. The maximum Gasteiger partial charge on any atom is 0.142 e. The summed E-state index contributed by atoms with van der Waals surface area (Å²) in [7, 11) is 0.